The number of sulfonamides is 1. The molecule has 11 heteroatoms. The number of benzene rings is 3. The van der Waals surface area contributed by atoms with Crippen LogP contribution >= 0.6 is 11.3 Å². The lowest BCUT2D eigenvalue weighted by atomic mass is 10.2. The number of methoxy groups -OCH3 is 1. The van der Waals surface area contributed by atoms with Gasteiger partial charge in [0.25, 0.3) is 0 Å². The van der Waals surface area contributed by atoms with Crippen LogP contribution in [0, 0.1) is 0 Å². The molecule has 35 heavy (non-hydrogen) atoms. The molecule has 5 rings (SSSR count). The van der Waals surface area contributed by atoms with Crippen LogP contribution in [0.4, 0.5) is 0 Å². The van der Waals surface area contributed by atoms with Crippen molar-refractivity contribution >= 4 is 31.6 Å². The van der Waals surface area contributed by atoms with E-state index < -0.39 is 10.0 Å². The van der Waals surface area contributed by atoms with E-state index in [1.165, 1.54) is 12.1 Å². The van der Waals surface area contributed by atoms with E-state index in [1.54, 1.807) is 42.0 Å². The quantitative estimate of drug-likeness (QED) is 0.340. The molecule has 178 valence electrons. The van der Waals surface area contributed by atoms with Crippen molar-refractivity contribution < 1.29 is 17.7 Å². The van der Waals surface area contributed by atoms with E-state index in [9.17, 15) is 13.2 Å². The van der Waals surface area contributed by atoms with Crippen molar-refractivity contribution in [3.8, 4) is 17.1 Å². The molecule has 0 saturated heterocycles. The summed E-state index contributed by atoms with van der Waals surface area (Å²) in [6.07, 6.45) is 0. The topological polar surface area (TPSA) is 116 Å². The molecule has 0 amide bonds. The molecule has 0 aliphatic rings. The third-order valence-corrected chi connectivity index (χ3v) is 7.68. The Bertz CT molecular complexity index is 1660. The molecule has 0 atom stereocenters. The summed E-state index contributed by atoms with van der Waals surface area (Å²) >= 11 is 1.01. The Hall–Kier alpha value is -3.80. The number of ether oxygens (including phenoxy) is 1. The SMILES string of the molecule is COc1cccc(-c2noc(CNS(=O)(=O)c3ccc4c(c3)sc(=O)n4Cc3ccccc3)n2)c1. The maximum absolute atomic E-state index is 12.9. The molecule has 2 heterocycles. The molecule has 5 aromatic rings. The fraction of sp³-hybridized carbons (Fsp3) is 0.125. The van der Waals surface area contributed by atoms with E-state index in [2.05, 4.69) is 14.9 Å². The Morgan fingerprint density at radius 2 is 1.89 bits per heavy atom. The zero-order valence-corrected chi connectivity index (χ0v) is 20.2. The third kappa shape index (κ3) is 4.87. The molecule has 3 aromatic carbocycles. The van der Waals surface area contributed by atoms with Gasteiger partial charge in [0, 0.05) is 5.56 Å². The molecule has 0 fully saturated rings. The van der Waals surface area contributed by atoms with Gasteiger partial charge in [-0.15, -0.1) is 0 Å². The van der Waals surface area contributed by atoms with E-state index in [0.29, 0.717) is 33.9 Å². The lowest BCUT2D eigenvalue weighted by Gasteiger charge is -2.06. The van der Waals surface area contributed by atoms with E-state index in [4.69, 9.17) is 9.26 Å². The van der Waals surface area contributed by atoms with Crippen LogP contribution in [-0.4, -0.2) is 30.2 Å². The summed E-state index contributed by atoms with van der Waals surface area (Å²) in [6.45, 7) is 0.236. The Kier molecular flexibility index (Phi) is 6.20. The summed E-state index contributed by atoms with van der Waals surface area (Å²) < 4.78 is 40.9. The van der Waals surface area contributed by atoms with Crippen molar-refractivity contribution in [1.29, 1.82) is 0 Å². The van der Waals surface area contributed by atoms with E-state index >= 15 is 0 Å². The number of rotatable bonds is 8. The third-order valence-electron chi connectivity index (χ3n) is 5.34. The average Bonchev–Trinajstić information content (AvgIpc) is 3.48. The molecule has 0 radical (unpaired) electrons. The van der Waals surface area contributed by atoms with E-state index in [0.717, 1.165) is 16.9 Å². The molecule has 0 aliphatic heterocycles. The minimum Gasteiger partial charge on any atom is -0.497 e. The molecular formula is C24H20N4O5S2. The van der Waals surface area contributed by atoms with Crippen molar-refractivity contribution in [2.24, 2.45) is 0 Å². The standard InChI is InChI=1S/C24H20N4O5S2/c1-32-18-9-5-8-17(12-18)23-26-22(33-27-23)14-25-35(30,31)19-10-11-20-21(13-19)34-24(29)28(20)15-16-6-3-2-4-7-16/h2-13,25H,14-15H2,1H3. The van der Waals surface area contributed by atoms with Crippen LogP contribution in [0.2, 0.25) is 0 Å². The highest BCUT2D eigenvalue weighted by Crippen LogP contribution is 2.24. The van der Waals surface area contributed by atoms with Gasteiger partial charge >= 0.3 is 4.87 Å². The van der Waals surface area contributed by atoms with Crippen LogP contribution in [0.25, 0.3) is 21.6 Å². The zero-order chi connectivity index (χ0) is 24.4. The van der Waals surface area contributed by atoms with Crippen LogP contribution in [-0.2, 0) is 23.1 Å². The van der Waals surface area contributed by atoms with Gasteiger partial charge in [0.05, 0.1) is 35.3 Å². The Morgan fingerprint density at radius 3 is 2.69 bits per heavy atom. The predicted molar refractivity (Wildman–Crippen MR) is 132 cm³/mol. The van der Waals surface area contributed by atoms with Crippen molar-refractivity contribution in [2.45, 2.75) is 18.0 Å². The summed E-state index contributed by atoms with van der Waals surface area (Å²) in [7, 11) is -2.32. The molecule has 1 N–H and O–H groups in total. The first-order chi connectivity index (χ1) is 16.9. The van der Waals surface area contributed by atoms with Crippen molar-refractivity contribution in [1.82, 2.24) is 19.4 Å². The van der Waals surface area contributed by atoms with Gasteiger partial charge in [-0.05, 0) is 35.9 Å². The van der Waals surface area contributed by atoms with Gasteiger partial charge in [-0.2, -0.15) is 4.98 Å². The second-order valence-electron chi connectivity index (χ2n) is 7.64. The molecule has 9 nitrogen and oxygen atoms in total. The van der Waals surface area contributed by atoms with Crippen molar-refractivity contribution in [2.75, 3.05) is 7.11 Å². The molecule has 0 bridgehead atoms. The molecule has 0 saturated carbocycles. The number of fused-ring (bicyclic) bond motifs is 1. The van der Waals surface area contributed by atoms with Crippen LogP contribution in [0.5, 0.6) is 5.75 Å². The maximum Gasteiger partial charge on any atom is 0.308 e. The number of nitrogens with zero attached hydrogens (tertiary/aromatic N) is 3. The monoisotopic (exact) mass is 508 g/mol. The second kappa shape index (κ2) is 9.45. The number of thiazole rings is 1. The van der Waals surface area contributed by atoms with Crippen LogP contribution in [0.3, 0.4) is 0 Å². The minimum absolute atomic E-state index is 0.0469. The first-order valence-corrected chi connectivity index (χ1v) is 12.9. The van der Waals surface area contributed by atoms with Crippen LogP contribution in [0.1, 0.15) is 11.5 Å². The number of nitrogens with one attached hydrogen (secondary N) is 1. The molecular weight excluding hydrogens is 488 g/mol. The summed E-state index contributed by atoms with van der Waals surface area (Å²) in [4.78, 5) is 16.7. The smallest absolute Gasteiger partial charge is 0.308 e. The average molecular weight is 509 g/mol. The van der Waals surface area contributed by atoms with Gasteiger partial charge in [0.2, 0.25) is 21.7 Å². The summed E-state index contributed by atoms with van der Waals surface area (Å²) in [5.74, 6) is 1.08. The van der Waals surface area contributed by atoms with E-state index in [-0.39, 0.29) is 22.2 Å². The molecule has 2 aromatic heterocycles. The molecule has 0 spiro atoms. The maximum atomic E-state index is 12.9. The van der Waals surface area contributed by atoms with Gasteiger partial charge in [0.1, 0.15) is 5.75 Å². The van der Waals surface area contributed by atoms with Crippen molar-refractivity contribution in [3.63, 3.8) is 0 Å². The first-order valence-electron chi connectivity index (χ1n) is 10.6. The fourth-order valence-electron chi connectivity index (χ4n) is 3.58. The predicted octanol–water partition coefficient (Wildman–Crippen LogP) is 3.65. The van der Waals surface area contributed by atoms with Gasteiger partial charge in [0.15, 0.2) is 0 Å². The van der Waals surface area contributed by atoms with Gasteiger partial charge in [-0.3, -0.25) is 9.36 Å². The normalized spacial score (nSPS) is 11.7. The number of hydrogen-bond acceptors (Lipinski definition) is 8. The number of aromatic nitrogens is 3. The summed E-state index contributed by atoms with van der Waals surface area (Å²) in [6, 6.07) is 21.4. The highest BCUT2D eigenvalue weighted by molar-refractivity contribution is 7.89. The molecule has 0 aliphatic carbocycles. The van der Waals surface area contributed by atoms with Gasteiger partial charge < -0.3 is 9.26 Å². The van der Waals surface area contributed by atoms with Crippen LogP contribution < -0.4 is 14.3 Å². The largest absolute Gasteiger partial charge is 0.497 e. The van der Waals surface area contributed by atoms with Gasteiger partial charge in [-0.25, -0.2) is 13.1 Å². The Balaban J connectivity index is 1.33. The summed E-state index contributed by atoms with van der Waals surface area (Å²) in [5.41, 5.74) is 2.35. The highest BCUT2D eigenvalue weighted by Gasteiger charge is 2.19. The first kappa shape index (κ1) is 23.0. The molecule has 0 unspecified atom stereocenters. The van der Waals surface area contributed by atoms with Crippen LogP contribution in [0.15, 0.2) is 87.0 Å². The van der Waals surface area contributed by atoms with Crippen molar-refractivity contribution in [3.05, 3.63) is 93.9 Å². The highest BCUT2D eigenvalue weighted by atomic mass is 32.2. The summed E-state index contributed by atoms with van der Waals surface area (Å²) in [5, 5.41) is 3.91. The Labute approximate surface area is 204 Å². The lowest BCUT2D eigenvalue weighted by molar-refractivity contribution is 0.376. The minimum atomic E-state index is -3.88. The Morgan fingerprint density at radius 1 is 1.06 bits per heavy atom. The van der Waals surface area contributed by atoms with Gasteiger partial charge in [-0.1, -0.05) is 59.0 Å². The van der Waals surface area contributed by atoms with E-state index in [1.807, 2.05) is 30.3 Å². The zero-order valence-electron chi connectivity index (χ0n) is 18.5. The number of hydrogen-bond donors (Lipinski definition) is 1. The second-order valence-corrected chi connectivity index (χ2v) is 10.4. The fourth-order valence-corrected chi connectivity index (χ4v) is 5.58. The lowest BCUT2D eigenvalue weighted by Crippen LogP contribution is -2.23.